The van der Waals surface area contributed by atoms with E-state index in [9.17, 15) is 4.79 Å². The average Bonchev–Trinajstić information content (AvgIpc) is 2.98. The Bertz CT molecular complexity index is 645. The van der Waals surface area contributed by atoms with Gasteiger partial charge in [0.25, 0.3) is 5.91 Å². The number of hydrogen-bond acceptors (Lipinski definition) is 5. The molecule has 8 heteroatoms. The number of nitrogens with one attached hydrogen (secondary N) is 2. The van der Waals surface area contributed by atoms with Gasteiger partial charge in [-0.05, 0) is 31.2 Å². The highest BCUT2D eigenvalue weighted by Gasteiger charge is 2.21. The van der Waals surface area contributed by atoms with Crippen LogP contribution < -0.4 is 5.73 Å². The van der Waals surface area contributed by atoms with Crippen molar-refractivity contribution < 1.29 is 4.79 Å². The Morgan fingerprint density at radius 2 is 2.05 bits per heavy atom. The molecule has 0 radical (unpaired) electrons. The average molecular weight is 289 g/mol. The maximum atomic E-state index is 12.2. The molecule has 2 aromatic heterocycles. The van der Waals surface area contributed by atoms with Crippen molar-refractivity contribution in [2.75, 3.05) is 12.8 Å². The molecular weight excluding hydrogens is 270 g/mol. The molecule has 3 rings (SSSR count). The molecule has 2 aromatic rings. The SMILES string of the molecule is CN(Cc1n[nH]c2c1CCCCC2)C(=O)c1nc(N)n[nH]1. The van der Waals surface area contributed by atoms with Crippen LogP contribution in [0, 0.1) is 0 Å². The van der Waals surface area contributed by atoms with Crippen LogP contribution >= 0.6 is 0 Å². The van der Waals surface area contributed by atoms with Crippen molar-refractivity contribution in [1.82, 2.24) is 30.3 Å². The van der Waals surface area contributed by atoms with E-state index in [1.807, 2.05) is 0 Å². The quantitative estimate of drug-likeness (QED) is 0.717. The maximum Gasteiger partial charge on any atom is 0.291 e. The highest BCUT2D eigenvalue weighted by atomic mass is 16.2. The van der Waals surface area contributed by atoms with E-state index >= 15 is 0 Å². The number of aromatic amines is 2. The molecule has 0 bridgehead atoms. The summed E-state index contributed by atoms with van der Waals surface area (Å²) < 4.78 is 0. The Labute approximate surface area is 122 Å². The van der Waals surface area contributed by atoms with Crippen molar-refractivity contribution in [3.05, 3.63) is 22.8 Å². The predicted molar refractivity (Wildman–Crippen MR) is 76.4 cm³/mol. The first-order valence-electron chi connectivity index (χ1n) is 7.13. The third kappa shape index (κ3) is 2.74. The molecule has 0 saturated carbocycles. The van der Waals surface area contributed by atoms with E-state index < -0.39 is 0 Å². The van der Waals surface area contributed by atoms with E-state index in [1.54, 1.807) is 11.9 Å². The molecule has 0 saturated heterocycles. The van der Waals surface area contributed by atoms with Crippen LogP contribution in [0.2, 0.25) is 0 Å². The normalized spacial score (nSPS) is 14.5. The second-order valence-electron chi connectivity index (χ2n) is 5.39. The van der Waals surface area contributed by atoms with E-state index in [0.29, 0.717) is 6.54 Å². The molecule has 1 aliphatic rings. The number of H-pyrrole nitrogens is 2. The number of nitrogens with two attached hydrogens (primary N) is 1. The van der Waals surface area contributed by atoms with Gasteiger partial charge in [-0.1, -0.05) is 6.42 Å². The lowest BCUT2D eigenvalue weighted by Crippen LogP contribution is -2.27. The highest BCUT2D eigenvalue weighted by molar-refractivity contribution is 5.90. The van der Waals surface area contributed by atoms with Gasteiger partial charge in [0.1, 0.15) is 0 Å². The summed E-state index contributed by atoms with van der Waals surface area (Å²) in [5, 5.41) is 13.7. The molecule has 0 unspecified atom stereocenters. The number of rotatable bonds is 3. The van der Waals surface area contributed by atoms with Gasteiger partial charge in [0, 0.05) is 12.7 Å². The van der Waals surface area contributed by atoms with E-state index in [-0.39, 0.29) is 17.7 Å². The lowest BCUT2D eigenvalue weighted by atomic mass is 10.1. The van der Waals surface area contributed by atoms with E-state index in [0.717, 1.165) is 18.5 Å². The van der Waals surface area contributed by atoms with Crippen LogP contribution in [0.1, 0.15) is 46.8 Å². The molecule has 4 N–H and O–H groups in total. The summed E-state index contributed by atoms with van der Waals surface area (Å²) in [5.41, 5.74) is 8.84. The second kappa shape index (κ2) is 5.55. The summed E-state index contributed by atoms with van der Waals surface area (Å²) in [4.78, 5) is 17.6. The molecule has 0 aromatic carbocycles. The third-order valence-electron chi connectivity index (χ3n) is 3.83. The molecule has 0 spiro atoms. The summed E-state index contributed by atoms with van der Waals surface area (Å²) >= 11 is 0. The molecule has 112 valence electrons. The number of nitrogen functional groups attached to an aromatic ring is 1. The Balaban J connectivity index is 1.74. The van der Waals surface area contributed by atoms with E-state index in [2.05, 4.69) is 25.4 Å². The minimum Gasteiger partial charge on any atom is -0.366 e. The summed E-state index contributed by atoms with van der Waals surface area (Å²) in [6.07, 6.45) is 5.68. The van der Waals surface area contributed by atoms with Crippen LogP contribution in [0.15, 0.2) is 0 Å². The zero-order valence-corrected chi connectivity index (χ0v) is 12.0. The van der Waals surface area contributed by atoms with Crippen LogP contribution in [0.25, 0.3) is 0 Å². The molecule has 0 fully saturated rings. The number of carbonyl (C=O) groups excluding carboxylic acids is 1. The Morgan fingerprint density at radius 1 is 1.24 bits per heavy atom. The van der Waals surface area contributed by atoms with Gasteiger partial charge >= 0.3 is 0 Å². The zero-order chi connectivity index (χ0) is 14.8. The standard InChI is InChI=1S/C13H19N7O/c1-20(12(21)11-15-13(14)19-18-11)7-10-8-5-3-2-4-6-9(8)16-17-10/h2-7H2,1H3,(H,16,17)(H3,14,15,18,19). The molecule has 21 heavy (non-hydrogen) atoms. The topological polar surface area (TPSA) is 117 Å². The monoisotopic (exact) mass is 289 g/mol. The Morgan fingerprint density at radius 3 is 2.81 bits per heavy atom. The van der Waals surface area contributed by atoms with E-state index in [1.165, 1.54) is 30.5 Å². The largest absolute Gasteiger partial charge is 0.366 e. The Kier molecular flexibility index (Phi) is 3.59. The van der Waals surface area contributed by atoms with Crippen molar-refractivity contribution in [3.8, 4) is 0 Å². The lowest BCUT2D eigenvalue weighted by molar-refractivity contribution is 0.0771. The van der Waals surface area contributed by atoms with Crippen LogP contribution in [-0.2, 0) is 19.4 Å². The summed E-state index contributed by atoms with van der Waals surface area (Å²) in [5.74, 6) is -0.0263. The number of aryl methyl sites for hydroxylation is 1. The first-order valence-corrected chi connectivity index (χ1v) is 7.13. The molecule has 2 heterocycles. The number of nitrogens with zero attached hydrogens (tertiary/aromatic N) is 4. The first kappa shape index (κ1) is 13.6. The summed E-state index contributed by atoms with van der Waals surface area (Å²) in [6, 6.07) is 0. The number of amides is 1. The number of fused-ring (bicyclic) bond motifs is 1. The zero-order valence-electron chi connectivity index (χ0n) is 12.0. The van der Waals surface area contributed by atoms with Gasteiger partial charge in [0.2, 0.25) is 11.8 Å². The number of carbonyl (C=O) groups is 1. The number of hydrogen-bond donors (Lipinski definition) is 3. The lowest BCUT2D eigenvalue weighted by Gasteiger charge is -2.15. The number of aromatic nitrogens is 5. The summed E-state index contributed by atoms with van der Waals surface area (Å²) in [6.45, 7) is 0.450. The van der Waals surface area contributed by atoms with E-state index in [4.69, 9.17) is 5.73 Å². The van der Waals surface area contributed by atoms with Gasteiger partial charge in [0.05, 0.1) is 12.2 Å². The van der Waals surface area contributed by atoms with Crippen molar-refractivity contribution in [2.24, 2.45) is 0 Å². The van der Waals surface area contributed by atoms with Crippen molar-refractivity contribution >= 4 is 11.9 Å². The van der Waals surface area contributed by atoms with Crippen molar-refractivity contribution in [2.45, 2.75) is 38.6 Å². The minimum absolute atomic E-state index is 0.0698. The maximum absolute atomic E-state index is 12.2. The Hall–Kier alpha value is -2.38. The summed E-state index contributed by atoms with van der Waals surface area (Å²) in [7, 11) is 1.72. The minimum atomic E-state index is -0.246. The van der Waals surface area contributed by atoms with Gasteiger partial charge < -0.3 is 10.6 Å². The van der Waals surface area contributed by atoms with Crippen LogP contribution in [0.5, 0.6) is 0 Å². The van der Waals surface area contributed by atoms with Crippen LogP contribution in [0.4, 0.5) is 5.95 Å². The fraction of sp³-hybridized carbons (Fsp3) is 0.538. The van der Waals surface area contributed by atoms with Gasteiger partial charge in [-0.3, -0.25) is 15.0 Å². The van der Waals surface area contributed by atoms with Crippen LogP contribution in [0.3, 0.4) is 0 Å². The molecular formula is C13H19N7O. The number of anilines is 1. The van der Waals surface area contributed by atoms with Gasteiger partial charge in [-0.15, -0.1) is 5.10 Å². The van der Waals surface area contributed by atoms with Gasteiger partial charge in [-0.2, -0.15) is 10.1 Å². The molecule has 1 amide bonds. The predicted octanol–water partition coefficient (Wildman–Crippen LogP) is 0.651. The van der Waals surface area contributed by atoms with Gasteiger partial charge in [0.15, 0.2) is 0 Å². The molecule has 0 aliphatic heterocycles. The molecule has 8 nitrogen and oxygen atoms in total. The second-order valence-corrected chi connectivity index (χ2v) is 5.39. The molecule has 1 aliphatic carbocycles. The van der Waals surface area contributed by atoms with Crippen molar-refractivity contribution in [3.63, 3.8) is 0 Å². The van der Waals surface area contributed by atoms with Crippen molar-refractivity contribution in [1.29, 1.82) is 0 Å². The third-order valence-corrected chi connectivity index (χ3v) is 3.83. The highest BCUT2D eigenvalue weighted by Crippen LogP contribution is 2.22. The fourth-order valence-corrected chi connectivity index (χ4v) is 2.70. The smallest absolute Gasteiger partial charge is 0.291 e. The van der Waals surface area contributed by atoms with Gasteiger partial charge in [-0.25, -0.2) is 0 Å². The molecule has 0 atom stereocenters. The fourth-order valence-electron chi connectivity index (χ4n) is 2.70. The first-order chi connectivity index (χ1) is 10.1. The van der Waals surface area contributed by atoms with Crippen LogP contribution in [-0.4, -0.2) is 43.2 Å².